The number of allylic oxidation sites excluding steroid dienone is 1. The molecular formula is C18H20N2O5. The van der Waals surface area contributed by atoms with Crippen molar-refractivity contribution in [2.24, 2.45) is 11.8 Å². The third-order valence-corrected chi connectivity index (χ3v) is 4.48. The molecule has 0 saturated heterocycles. The summed E-state index contributed by atoms with van der Waals surface area (Å²) in [5.41, 5.74) is 2.37. The molecule has 3 atom stereocenters. The summed E-state index contributed by atoms with van der Waals surface area (Å²) in [4.78, 5) is 28.0. The first-order valence-electron chi connectivity index (χ1n) is 8.04. The van der Waals surface area contributed by atoms with E-state index in [0.717, 1.165) is 11.1 Å². The molecule has 132 valence electrons. The number of hydrogen-bond acceptors (Lipinski definition) is 6. The third kappa shape index (κ3) is 3.65. The molecule has 0 radical (unpaired) electrons. The van der Waals surface area contributed by atoms with E-state index in [9.17, 15) is 9.59 Å². The van der Waals surface area contributed by atoms with Crippen LogP contribution in [0.5, 0.6) is 0 Å². The van der Waals surface area contributed by atoms with Crippen molar-refractivity contribution in [2.45, 2.75) is 26.2 Å². The predicted octanol–water partition coefficient (Wildman–Crippen LogP) is 2.30. The molecule has 1 N–H and O–H groups in total. The van der Waals surface area contributed by atoms with Crippen molar-refractivity contribution in [3.63, 3.8) is 0 Å². The Morgan fingerprint density at radius 2 is 2.28 bits per heavy atom. The van der Waals surface area contributed by atoms with Crippen molar-refractivity contribution in [1.29, 1.82) is 0 Å². The molecule has 1 aliphatic carbocycles. The van der Waals surface area contributed by atoms with Crippen LogP contribution in [-0.4, -0.2) is 30.4 Å². The van der Waals surface area contributed by atoms with E-state index >= 15 is 0 Å². The Kier molecular flexibility index (Phi) is 5.02. The average molecular weight is 344 g/mol. The van der Waals surface area contributed by atoms with Crippen LogP contribution in [0.25, 0.3) is 0 Å². The highest BCUT2D eigenvalue weighted by Gasteiger charge is 2.44. The molecule has 0 spiro atoms. The highest BCUT2D eigenvalue weighted by atomic mass is 16.7. The molecule has 1 aliphatic heterocycles. The molecule has 7 heteroatoms. The van der Waals surface area contributed by atoms with Crippen LogP contribution in [0.4, 0.5) is 4.79 Å². The van der Waals surface area contributed by atoms with Crippen molar-refractivity contribution < 1.29 is 23.8 Å². The highest BCUT2D eigenvalue weighted by molar-refractivity contribution is 5.89. The molecule has 0 fully saturated rings. The fourth-order valence-electron chi connectivity index (χ4n) is 3.19. The van der Waals surface area contributed by atoms with Crippen LogP contribution in [0.1, 0.15) is 18.9 Å². The number of hydrogen-bond donors (Lipinski definition) is 1. The van der Waals surface area contributed by atoms with Gasteiger partial charge in [-0.15, -0.1) is 0 Å². The van der Waals surface area contributed by atoms with Gasteiger partial charge in [-0.2, -0.15) is 0 Å². The van der Waals surface area contributed by atoms with Crippen molar-refractivity contribution in [3.05, 3.63) is 53.6 Å². The van der Waals surface area contributed by atoms with Gasteiger partial charge in [-0.05, 0) is 25.0 Å². The lowest BCUT2D eigenvalue weighted by Crippen LogP contribution is -2.40. The number of pyridine rings is 1. The summed E-state index contributed by atoms with van der Waals surface area (Å²) in [6.45, 7) is 2.25. The van der Waals surface area contributed by atoms with Crippen molar-refractivity contribution in [3.8, 4) is 0 Å². The Morgan fingerprint density at radius 3 is 3.00 bits per heavy atom. The summed E-state index contributed by atoms with van der Waals surface area (Å²) >= 11 is 0. The lowest BCUT2D eigenvalue weighted by Gasteiger charge is -2.33. The fraction of sp³-hybridized carbons (Fsp3) is 0.389. The summed E-state index contributed by atoms with van der Waals surface area (Å²) in [5, 5.41) is 2.67. The van der Waals surface area contributed by atoms with E-state index < -0.39 is 18.4 Å². The number of ether oxygens (including phenoxy) is 3. The average Bonchev–Trinajstić information content (AvgIpc) is 3.03. The fourth-order valence-corrected chi connectivity index (χ4v) is 3.19. The first-order valence-corrected chi connectivity index (χ1v) is 8.04. The summed E-state index contributed by atoms with van der Waals surface area (Å²) in [7, 11) is 1.34. The predicted molar refractivity (Wildman–Crippen MR) is 87.9 cm³/mol. The van der Waals surface area contributed by atoms with Gasteiger partial charge in [0.15, 0.2) is 0 Å². The van der Waals surface area contributed by atoms with Gasteiger partial charge in [0.05, 0.1) is 24.9 Å². The molecule has 2 aliphatic rings. The number of nitrogens with zero attached hydrogens (tertiary/aromatic N) is 1. The smallest absolute Gasteiger partial charge is 0.410 e. The van der Waals surface area contributed by atoms with Crippen LogP contribution >= 0.6 is 0 Å². The maximum Gasteiger partial charge on any atom is 0.410 e. The lowest BCUT2D eigenvalue weighted by atomic mass is 9.84. The summed E-state index contributed by atoms with van der Waals surface area (Å²) in [5.74, 6) is -0.710. The molecule has 2 heterocycles. The monoisotopic (exact) mass is 344 g/mol. The van der Waals surface area contributed by atoms with E-state index in [0.29, 0.717) is 18.5 Å². The Balaban J connectivity index is 1.64. The van der Waals surface area contributed by atoms with Crippen molar-refractivity contribution >= 4 is 12.1 Å². The van der Waals surface area contributed by atoms with Crippen LogP contribution in [-0.2, 0) is 25.5 Å². The van der Waals surface area contributed by atoms with Gasteiger partial charge in [-0.25, -0.2) is 9.59 Å². The van der Waals surface area contributed by atoms with Gasteiger partial charge >= 0.3 is 12.1 Å². The summed E-state index contributed by atoms with van der Waals surface area (Å²) in [6.07, 6.45) is 6.05. The zero-order valence-corrected chi connectivity index (χ0v) is 14.1. The van der Waals surface area contributed by atoms with E-state index in [-0.39, 0.29) is 11.8 Å². The van der Waals surface area contributed by atoms with Gasteiger partial charge in [0, 0.05) is 24.9 Å². The zero-order chi connectivity index (χ0) is 17.8. The molecule has 7 nitrogen and oxygen atoms in total. The molecule has 1 aromatic heterocycles. The van der Waals surface area contributed by atoms with Crippen LogP contribution in [0.3, 0.4) is 0 Å². The Morgan fingerprint density at radius 1 is 1.44 bits per heavy atom. The molecule has 1 amide bonds. The van der Waals surface area contributed by atoms with Gasteiger partial charge in [0.1, 0.15) is 0 Å². The van der Waals surface area contributed by atoms with Gasteiger partial charge in [-0.1, -0.05) is 17.7 Å². The maximum atomic E-state index is 12.1. The number of rotatable bonds is 4. The summed E-state index contributed by atoms with van der Waals surface area (Å²) in [6, 6.07) is 3.65. The largest absolute Gasteiger partial charge is 0.466 e. The number of amides is 1. The molecule has 0 bridgehead atoms. The van der Waals surface area contributed by atoms with Crippen LogP contribution < -0.4 is 5.32 Å². The maximum absolute atomic E-state index is 12.1. The first-order chi connectivity index (χ1) is 12.1. The minimum absolute atomic E-state index is 0.0997. The molecule has 1 aromatic rings. The number of methoxy groups -OCH3 is 1. The molecule has 0 aromatic carbocycles. The lowest BCUT2D eigenvalue weighted by molar-refractivity contribution is -0.141. The number of esters is 1. The van der Waals surface area contributed by atoms with Crippen molar-refractivity contribution in [1.82, 2.24) is 10.3 Å². The standard InChI is InChI=1S/C18H20N2O5/c1-11-5-6-13-14(16(21)23-2)10-24-17(15(11)13)25-18(22)20-9-12-4-3-7-19-8-12/h3-5,7-8,10,13,15,17H,6,9H2,1-2H3,(H,20,22). The summed E-state index contributed by atoms with van der Waals surface area (Å²) < 4.78 is 15.8. The molecule has 3 unspecified atom stereocenters. The van der Waals surface area contributed by atoms with Crippen LogP contribution in [0.2, 0.25) is 0 Å². The number of alkyl carbamates (subject to hydrolysis) is 1. The number of aromatic nitrogens is 1. The van der Waals surface area contributed by atoms with E-state index in [2.05, 4.69) is 10.3 Å². The number of carbonyl (C=O) groups excluding carboxylic acids is 2. The third-order valence-electron chi connectivity index (χ3n) is 4.48. The quantitative estimate of drug-likeness (QED) is 0.666. The normalized spacial score (nSPS) is 24.3. The topological polar surface area (TPSA) is 86.8 Å². The van der Waals surface area contributed by atoms with E-state index in [1.165, 1.54) is 13.4 Å². The van der Waals surface area contributed by atoms with Crippen molar-refractivity contribution in [2.75, 3.05) is 7.11 Å². The molecule has 0 saturated carbocycles. The number of carbonyl (C=O) groups is 2. The minimum atomic E-state index is -0.772. The van der Waals surface area contributed by atoms with Gasteiger partial charge < -0.3 is 19.5 Å². The minimum Gasteiger partial charge on any atom is -0.466 e. The van der Waals surface area contributed by atoms with Crippen LogP contribution in [0.15, 0.2) is 48.0 Å². The van der Waals surface area contributed by atoms with E-state index in [1.807, 2.05) is 19.1 Å². The first kappa shape index (κ1) is 17.0. The molecular weight excluding hydrogens is 324 g/mol. The second kappa shape index (κ2) is 7.38. The Bertz CT molecular complexity index is 713. The molecule has 25 heavy (non-hydrogen) atoms. The number of fused-ring (bicyclic) bond motifs is 1. The second-order valence-corrected chi connectivity index (χ2v) is 6.01. The van der Waals surface area contributed by atoms with Gasteiger partial charge in [-0.3, -0.25) is 4.98 Å². The second-order valence-electron chi connectivity index (χ2n) is 6.01. The number of nitrogens with one attached hydrogen (secondary N) is 1. The SMILES string of the molecule is COC(=O)C1=COC(OC(=O)NCc2cccnc2)C2C(C)=CCC12. The highest BCUT2D eigenvalue weighted by Crippen LogP contribution is 2.43. The van der Waals surface area contributed by atoms with E-state index in [1.54, 1.807) is 18.5 Å². The Labute approximate surface area is 145 Å². The van der Waals surface area contributed by atoms with Gasteiger partial charge in [0.2, 0.25) is 0 Å². The van der Waals surface area contributed by atoms with Gasteiger partial charge in [0.25, 0.3) is 6.29 Å². The molecule has 3 rings (SSSR count). The van der Waals surface area contributed by atoms with E-state index in [4.69, 9.17) is 14.2 Å². The Hall–Kier alpha value is -2.83. The zero-order valence-electron chi connectivity index (χ0n) is 14.1. The van der Waals surface area contributed by atoms with Crippen LogP contribution in [0, 0.1) is 11.8 Å².